The summed E-state index contributed by atoms with van der Waals surface area (Å²) in [5.41, 5.74) is 2.79. The Labute approximate surface area is 191 Å². The number of anilines is 1. The van der Waals surface area contributed by atoms with Crippen molar-refractivity contribution >= 4 is 55.3 Å². The monoisotopic (exact) mass is 530 g/mol. The van der Waals surface area contributed by atoms with Crippen molar-refractivity contribution in [1.29, 1.82) is 0 Å². The number of hydrogen-bond acceptors (Lipinski definition) is 3. The van der Waals surface area contributed by atoms with Crippen molar-refractivity contribution in [3.8, 4) is 11.1 Å². The lowest BCUT2D eigenvalue weighted by atomic mass is 9.81. The average molecular weight is 532 g/mol. The molecule has 0 spiro atoms. The van der Waals surface area contributed by atoms with Gasteiger partial charge in [-0.05, 0) is 41.5 Å². The topological polar surface area (TPSA) is 66.5 Å². The molecular weight excluding hydrogens is 512 g/mol. The molecule has 6 atom stereocenters. The van der Waals surface area contributed by atoms with Crippen LogP contribution in [0.1, 0.15) is 6.42 Å². The maximum absolute atomic E-state index is 12.9. The third-order valence-corrected chi connectivity index (χ3v) is 9.86. The summed E-state index contributed by atoms with van der Waals surface area (Å²) >= 11 is 7.35. The van der Waals surface area contributed by atoms with Crippen LogP contribution in [0.15, 0.2) is 54.6 Å². The Morgan fingerprint density at radius 1 is 0.867 bits per heavy atom. The molecule has 1 saturated heterocycles. The molecule has 5 nitrogen and oxygen atoms in total. The largest absolute Gasteiger partial charge is 0.325 e. The zero-order valence-corrected chi connectivity index (χ0v) is 19.2. The summed E-state index contributed by atoms with van der Waals surface area (Å²) in [6, 6.07) is 17.5. The first-order valence-electron chi connectivity index (χ1n) is 10.0. The molecule has 0 unspecified atom stereocenters. The summed E-state index contributed by atoms with van der Waals surface area (Å²) < 4.78 is 0. The Morgan fingerprint density at radius 3 is 1.97 bits per heavy atom. The second kappa shape index (κ2) is 7.61. The van der Waals surface area contributed by atoms with Crippen LogP contribution in [0.3, 0.4) is 0 Å². The molecule has 2 saturated carbocycles. The van der Waals surface area contributed by atoms with Crippen LogP contribution in [-0.4, -0.2) is 38.8 Å². The van der Waals surface area contributed by atoms with E-state index in [9.17, 15) is 14.4 Å². The molecule has 154 valence electrons. The van der Waals surface area contributed by atoms with E-state index in [1.165, 1.54) is 0 Å². The molecule has 1 N–H and O–H groups in total. The summed E-state index contributed by atoms with van der Waals surface area (Å²) in [7, 11) is 0. The summed E-state index contributed by atoms with van der Waals surface area (Å²) in [5, 5.41) is 2.81. The second-order valence-corrected chi connectivity index (χ2v) is 10.4. The molecule has 7 heteroatoms. The molecule has 1 heterocycles. The number of rotatable bonds is 4. The van der Waals surface area contributed by atoms with Crippen LogP contribution in [0.5, 0.6) is 0 Å². The molecule has 2 aromatic carbocycles. The summed E-state index contributed by atoms with van der Waals surface area (Å²) in [4.78, 5) is 39.9. The van der Waals surface area contributed by atoms with Crippen LogP contribution in [0.4, 0.5) is 5.69 Å². The number of imide groups is 1. The lowest BCUT2D eigenvalue weighted by Gasteiger charge is -2.28. The minimum absolute atomic E-state index is 0.152. The summed E-state index contributed by atoms with van der Waals surface area (Å²) in [6.45, 7) is -0.232. The van der Waals surface area contributed by atoms with Crippen molar-refractivity contribution in [2.75, 3.05) is 11.9 Å². The number of hydrogen-bond donors (Lipinski definition) is 1. The van der Waals surface area contributed by atoms with Crippen LogP contribution in [-0.2, 0) is 14.4 Å². The van der Waals surface area contributed by atoms with Gasteiger partial charge in [-0.1, -0.05) is 74.3 Å². The maximum atomic E-state index is 12.9. The van der Waals surface area contributed by atoms with E-state index in [1.54, 1.807) is 0 Å². The molecule has 2 aromatic rings. The van der Waals surface area contributed by atoms with E-state index in [0.29, 0.717) is 5.69 Å². The van der Waals surface area contributed by atoms with Gasteiger partial charge in [-0.3, -0.25) is 19.3 Å². The zero-order valence-electron chi connectivity index (χ0n) is 16.0. The molecule has 3 fully saturated rings. The van der Waals surface area contributed by atoms with Gasteiger partial charge in [-0.15, -0.1) is 0 Å². The number of nitrogens with zero attached hydrogens (tertiary/aromatic N) is 1. The predicted molar refractivity (Wildman–Crippen MR) is 121 cm³/mol. The average Bonchev–Trinajstić information content (AvgIpc) is 3.36. The number of benzene rings is 2. The number of alkyl halides is 2. The van der Waals surface area contributed by atoms with E-state index in [2.05, 4.69) is 37.2 Å². The lowest BCUT2D eigenvalue weighted by molar-refractivity contribution is -0.143. The summed E-state index contributed by atoms with van der Waals surface area (Å²) in [6.07, 6.45) is 0.881. The normalized spacial score (nSPS) is 31.9. The number of fused-ring (bicyclic) bond motifs is 5. The number of carbonyl (C=O) groups is 3. The molecule has 1 aliphatic heterocycles. The number of halogens is 2. The van der Waals surface area contributed by atoms with E-state index >= 15 is 0 Å². The first-order chi connectivity index (χ1) is 14.5. The summed E-state index contributed by atoms with van der Waals surface area (Å²) in [5.74, 6) is -1.04. The van der Waals surface area contributed by atoms with Crippen LogP contribution in [0.25, 0.3) is 11.1 Å². The Morgan fingerprint density at radius 2 is 1.40 bits per heavy atom. The fourth-order valence-electron chi connectivity index (χ4n) is 5.29. The molecule has 3 aliphatic rings. The SMILES string of the molecule is O=C(CN1C(=O)[C@@H]2[C@H]3C[C@@H]([C@H](Br)[C@H]3Br)[C@@H]2C1=O)Nc1ccc(-c2ccccc2)cc1. The van der Waals surface area contributed by atoms with Gasteiger partial charge in [0.05, 0.1) is 11.8 Å². The molecular formula is C23H20Br2N2O3. The van der Waals surface area contributed by atoms with Gasteiger partial charge in [0.25, 0.3) is 0 Å². The molecule has 2 bridgehead atoms. The predicted octanol–water partition coefficient (Wildman–Crippen LogP) is 4.07. The van der Waals surface area contributed by atoms with Crippen LogP contribution in [0.2, 0.25) is 0 Å². The van der Waals surface area contributed by atoms with Crippen molar-refractivity contribution in [2.24, 2.45) is 23.7 Å². The Bertz CT molecular complexity index is 979. The van der Waals surface area contributed by atoms with Crippen molar-refractivity contribution in [3.63, 3.8) is 0 Å². The third-order valence-electron chi connectivity index (χ3n) is 6.66. The van der Waals surface area contributed by atoms with E-state index in [-0.39, 0.29) is 57.6 Å². The molecule has 30 heavy (non-hydrogen) atoms. The highest BCUT2D eigenvalue weighted by molar-refractivity contribution is 9.12. The highest BCUT2D eigenvalue weighted by Crippen LogP contribution is 2.60. The third kappa shape index (κ3) is 3.14. The highest BCUT2D eigenvalue weighted by Gasteiger charge is 2.66. The fourth-order valence-corrected chi connectivity index (χ4v) is 7.16. The Hall–Kier alpha value is -1.99. The van der Waals surface area contributed by atoms with E-state index in [0.717, 1.165) is 22.4 Å². The minimum atomic E-state index is -0.359. The molecule has 0 aromatic heterocycles. The minimum Gasteiger partial charge on any atom is -0.325 e. The lowest BCUT2D eigenvalue weighted by Crippen LogP contribution is -2.39. The highest BCUT2D eigenvalue weighted by atomic mass is 79.9. The molecule has 2 aliphatic carbocycles. The molecule has 5 rings (SSSR count). The quantitative estimate of drug-likeness (QED) is 0.477. The van der Waals surface area contributed by atoms with E-state index in [1.807, 2.05) is 54.6 Å². The first-order valence-corrected chi connectivity index (χ1v) is 11.9. The van der Waals surface area contributed by atoms with Gasteiger partial charge in [0.1, 0.15) is 6.54 Å². The van der Waals surface area contributed by atoms with Crippen molar-refractivity contribution in [1.82, 2.24) is 4.90 Å². The van der Waals surface area contributed by atoms with Gasteiger partial charge in [-0.25, -0.2) is 0 Å². The van der Waals surface area contributed by atoms with E-state index < -0.39 is 0 Å². The first kappa shape index (κ1) is 19.9. The number of carbonyl (C=O) groups excluding carboxylic acids is 3. The van der Waals surface area contributed by atoms with Crippen molar-refractivity contribution in [2.45, 2.75) is 16.1 Å². The van der Waals surface area contributed by atoms with E-state index in [4.69, 9.17) is 0 Å². The van der Waals surface area contributed by atoms with Gasteiger partial charge in [0.15, 0.2) is 0 Å². The second-order valence-electron chi connectivity index (χ2n) is 8.26. The van der Waals surface area contributed by atoms with Crippen molar-refractivity contribution < 1.29 is 14.4 Å². The maximum Gasteiger partial charge on any atom is 0.244 e. The van der Waals surface area contributed by atoms with Gasteiger partial charge in [0, 0.05) is 15.3 Å². The standard InChI is InChI=1S/C23H20Br2N2O3/c24-20-15-10-16(21(20)25)19-18(15)22(29)27(23(19)30)11-17(28)26-14-8-6-13(7-9-14)12-4-2-1-3-5-12/h1-9,15-16,18-21H,10-11H2,(H,26,28)/t15-,16-,18-,19+,20+,21+/m1/s1. The van der Waals surface area contributed by atoms with Crippen molar-refractivity contribution in [3.05, 3.63) is 54.6 Å². The zero-order chi connectivity index (χ0) is 21.0. The van der Waals surface area contributed by atoms with Crippen LogP contribution in [0, 0.1) is 23.7 Å². The van der Waals surface area contributed by atoms with Gasteiger partial charge < -0.3 is 5.32 Å². The molecule has 0 radical (unpaired) electrons. The number of likely N-dealkylation sites (tertiary alicyclic amines) is 1. The fraction of sp³-hybridized carbons (Fsp3) is 0.348. The van der Waals surface area contributed by atoms with Crippen LogP contribution >= 0.6 is 31.9 Å². The van der Waals surface area contributed by atoms with Gasteiger partial charge >= 0.3 is 0 Å². The Balaban J connectivity index is 1.25. The van der Waals surface area contributed by atoms with Gasteiger partial charge in [-0.2, -0.15) is 0 Å². The Kier molecular flexibility index (Phi) is 5.06. The van der Waals surface area contributed by atoms with Gasteiger partial charge in [0.2, 0.25) is 17.7 Å². The number of amides is 3. The van der Waals surface area contributed by atoms with Crippen LogP contribution < -0.4 is 5.32 Å². The molecule has 3 amide bonds. The smallest absolute Gasteiger partial charge is 0.244 e. The number of nitrogens with one attached hydrogen (secondary N) is 1.